The number of nitro groups is 1. The summed E-state index contributed by atoms with van der Waals surface area (Å²) in [5, 5.41) is 11.3. The average Bonchev–Trinajstić information content (AvgIpc) is 2.76. The Kier molecular flexibility index (Phi) is 3.99. The fourth-order valence-corrected chi connectivity index (χ4v) is 2.45. The molecule has 2 unspecified atom stereocenters. The Morgan fingerprint density at radius 1 is 1.30 bits per heavy atom. The van der Waals surface area contributed by atoms with Gasteiger partial charge in [0.1, 0.15) is 5.69 Å². The van der Waals surface area contributed by atoms with Crippen LogP contribution in [0.4, 0.5) is 11.4 Å². The number of nitro benzene ring substituents is 1. The van der Waals surface area contributed by atoms with E-state index in [1.165, 1.54) is 20.3 Å². The first-order valence-electron chi connectivity index (χ1n) is 6.38. The Balaban J connectivity index is 2.48. The Hall–Kier alpha value is -2.02. The van der Waals surface area contributed by atoms with E-state index in [-0.39, 0.29) is 11.7 Å². The quantitative estimate of drug-likeness (QED) is 0.662. The predicted molar refractivity (Wildman–Crippen MR) is 75.6 cm³/mol. The molecule has 0 aromatic heterocycles. The Bertz CT molecular complexity index is 511. The van der Waals surface area contributed by atoms with Gasteiger partial charge in [-0.3, -0.25) is 10.1 Å². The number of nitrogens with zero attached hydrogens (tertiary/aromatic N) is 2. The summed E-state index contributed by atoms with van der Waals surface area (Å²) < 4.78 is 10.3. The monoisotopic (exact) mass is 281 g/mol. The fourth-order valence-electron chi connectivity index (χ4n) is 2.45. The summed E-state index contributed by atoms with van der Waals surface area (Å²) in [7, 11) is 2.96. The molecule has 2 rings (SSSR count). The molecule has 0 spiro atoms. The lowest BCUT2D eigenvalue weighted by Gasteiger charge is -2.20. The van der Waals surface area contributed by atoms with Crippen molar-refractivity contribution < 1.29 is 14.4 Å². The highest BCUT2D eigenvalue weighted by atomic mass is 16.6. The van der Waals surface area contributed by atoms with Gasteiger partial charge in [0.2, 0.25) is 0 Å². The molecule has 0 radical (unpaired) electrons. The van der Waals surface area contributed by atoms with Gasteiger partial charge in [-0.2, -0.15) is 0 Å². The van der Waals surface area contributed by atoms with Crippen LogP contribution < -0.4 is 20.1 Å². The molecule has 0 bridgehead atoms. The van der Waals surface area contributed by atoms with Crippen molar-refractivity contribution in [2.75, 3.05) is 32.2 Å². The van der Waals surface area contributed by atoms with Crippen molar-refractivity contribution in [2.45, 2.75) is 13.0 Å². The first-order valence-corrected chi connectivity index (χ1v) is 6.38. The molecular formula is C13H19N3O4. The Labute approximate surface area is 117 Å². The molecule has 2 N–H and O–H groups in total. The summed E-state index contributed by atoms with van der Waals surface area (Å²) in [6, 6.07) is 3.05. The van der Waals surface area contributed by atoms with Crippen LogP contribution in [0.25, 0.3) is 0 Å². The van der Waals surface area contributed by atoms with E-state index in [9.17, 15) is 10.1 Å². The molecule has 0 saturated carbocycles. The van der Waals surface area contributed by atoms with Gasteiger partial charge in [0.25, 0.3) is 5.69 Å². The van der Waals surface area contributed by atoms with Gasteiger partial charge in [0, 0.05) is 25.2 Å². The fraction of sp³-hybridized carbons (Fsp3) is 0.538. The second kappa shape index (κ2) is 5.54. The molecular weight excluding hydrogens is 262 g/mol. The first kappa shape index (κ1) is 14.4. The molecule has 1 aliphatic rings. The Morgan fingerprint density at radius 3 is 2.35 bits per heavy atom. The standard InChI is InChI=1S/C13H19N3O4/c1-8-6-15(7-9(8)14)10-4-12(19-2)13(20-3)5-11(10)16(17)18/h4-5,8-9H,6-7,14H2,1-3H3. The van der Waals surface area contributed by atoms with E-state index in [1.807, 2.05) is 11.8 Å². The normalized spacial score (nSPS) is 21.9. The highest BCUT2D eigenvalue weighted by Crippen LogP contribution is 2.40. The van der Waals surface area contributed by atoms with E-state index >= 15 is 0 Å². The largest absolute Gasteiger partial charge is 0.493 e. The number of methoxy groups -OCH3 is 2. The number of anilines is 1. The third-order valence-corrected chi connectivity index (χ3v) is 3.69. The van der Waals surface area contributed by atoms with E-state index in [1.54, 1.807) is 6.07 Å². The van der Waals surface area contributed by atoms with Crippen LogP contribution in [0.5, 0.6) is 11.5 Å². The molecule has 110 valence electrons. The summed E-state index contributed by atoms with van der Waals surface area (Å²) in [5.74, 6) is 1.11. The third-order valence-electron chi connectivity index (χ3n) is 3.69. The van der Waals surface area contributed by atoms with Crippen LogP contribution in [0.1, 0.15) is 6.92 Å². The van der Waals surface area contributed by atoms with E-state index in [4.69, 9.17) is 15.2 Å². The lowest BCUT2D eigenvalue weighted by molar-refractivity contribution is -0.384. The third kappa shape index (κ3) is 2.49. The van der Waals surface area contributed by atoms with Crippen molar-refractivity contribution in [3.05, 3.63) is 22.2 Å². The van der Waals surface area contributed by atoms with Crippen molar-refractivity contribution in [3.63, 3.8) is 0 Å². The van der Waals surface area contributed by atoms with E-state index in [2.05, 4.69) is 0 Å². The smallest absolute Gasteiger partial charge is 0.296 e. The van der Waals surface area contributed by atoms with Gasteiger partial charge in [-0.15, -0.1) is 0 Å². The number of ether oxygens (including phenoxy) is 2. The maximum Gasteiger partial charge on any atom is 0.296 e. The minimum atomic E-state index is -0.411. The minimum absolute atomic E-state index is 0.00366. The lowest BCUT2D eigenvalue weighted by Crippen LogP contribution is -2.28. The van der Waals surface area contributed by atoms with Crippen LogP contribution >= 0.6 is 0 Å². The second-order valence-corrected chi connectivity index (χ2v) is 5.00. The predicted octanol–water partition coefficient (Wildman–Crippen LogP) is 1.40. The molecule has 1 aliphatic heterocycles. The van der Waals surface area contributed by atoms with Crippen LogP contribution in [0.3, 0.4) is 0 Å². The molecule has 1 aromatic rings. The molecule has 2 atom stereocenters. The van der Waals surface area contributed by atoms with Crippen LogP contribution in [-0.4, -0.2) is 38.3 Å². The maximum absolute atomic E-state index is 11.3. The van der Waals surface area contributed by atoms with Crippen molar-refractivity contribution in [2.24, 2.45) is 11.7 Å². The SMILES string of the molecule is COc1cc(N2CC(C)C(N)C2)c([N+](=O)[O-])cc1OC. The van der Waals surface area contributed by atoms with Crippen molar-refractivity contribution in [1.82, 2.24) is 0 Å². The highest BCUT2D eigenvalue weighted by molar-refractivity contribution is 5.70. The molecule has 1 fully saturated rings. The van der Waals surface area contributed by atoms with Gasteiger partial charge in [-0.05, 0) is 5.92 Å². The van der Waals surface area contributed by atoms with Crippen molar-refractivity contribution >= 4 is 11.4 Å². The van der Waals surface area contributed by atoms with Crippen molar-refractivity contribution in [1.29, 1.82) is 0 Å². The second-order valence-electron chi connectivity index (χ2n) is 5.00. The zero-order valence-corrected chi connectivity index (χ0v) is 11.8. The molecule has 1 heterocycles. The van der Waals surface area contributed by atoms with E-state index in [0.717, 1.165) is 0 Å². The number of rotatable bonds is 4. The average molecular weight is 281 g/mol. The highest BCUT2D eigenvalue weighted by Gasteiger charge is 2.32. The summed E-state index contributed by atoms with van der Waals surface area (Å²) in [5.41, 5.74) is 6.52. The number of benzene rings is 1. The zero-order chi connectivity index (χ0) is 14.9. The number of hydrogen-bond acceptors (Lipinski definition) is 6. The summed E-state index contributed by atoms with van der Waals surface area (Å²) in [6.07, 6.45) is 0. The van der Waals surface area contributed by atoms with E-state index in [0.29, 0.717) is 36.2 Å². The molecule has 1 aromatic carbocycles. The van der Waals surface area contributed by atoms with Crippen LogP contribution in [0, 0.1) is 16.0 Å². The van der Waals surface area contributed by atoms with Crippen LogP contribution in [0.2, 0.25) is 0 Å². The van der Waals surface area contributed by atoms with Crippen LogP contribution in [-0.2, 0) is 0 Å². The van der Waals surface area contributed by atoms with Gasteiger partial charge >= 0.3 is 0 Å². The van der Waals surface area contributed by atoms with Gasteiger partial charge in [-0.1, -0.05) is 6.92 Å². The molecule has 1 saturated heterocycles. The topological polar surface area (TPSA) is 90.9 Å². The minimum Gasteiger partial charge on any atom is -0.493 e. The molecule has 7 nitrogen and oxygen atoms in total. The van der Waals surface area contributed by atoms with E-state index < -0.39 is 4.92 Å². The maximum atomic E-state index is 11.3. The zero-order valence-electron chi connectivity index (χ0n) is 11.8. The first-order chi connectivity index (χ1) is 9.47. The van der Waals surface area contributed by atoms with Crippen LogP contribution in [0.15, 0.2) is 12.1 Å². The van der Waals surface area contributed by atoms with Gasteiger partial charge < -0.3 is 20.1 Å². The molecule has 20 heavy (non-hydrogen) atoms. The lowest BCUT2D eigenvalue weighted by atomic mass is 10.1. The van der Waals surface area contributed by atoms with Gasteiger partial charge in [-0.25, -0.2) is 0 Å². The summed E-state index contributed by atoms with van der Waals surface area (Å²) >= 11 is 0. The summed E-state index contributed by atoms with van der Waals surface area (Å²) in [4.78, 5) is 12.8. The summed E-state index contributed by atoms with van der Waals surface area (Å²) in [6.45, 7) is 3.33. The van der Waals surface area contributed by atoms with Gasteiger partial charge in [0.05, 0.1) is 25.2 Å². The molecule has 7 heteroatoms. The molecule has 0 amide bonds. The number of nitrogens with two attached hydrogens (primary N) is 1. The number of hydrogen-bond donors (Lipinski definition) is 1. The Morgan fingerprint density at radius 2 is 1.90 bits per heavy atom. The van der Waals surface area contributed by atoms with Crippen molar-refractivity contribution in [3.8, 4) is 11.5 Å². The molecule has 0 aliphatic carbocycles. The van der Waals surface area contributed by atoms with Gasteiger partial charge in [0.15, 0.2) is 11.5 Å².